The predicted molar refractivity (Wildman–Crippen MR) is 110 cm³/mol. The van der Waals surface area contributed by atoms with Crippen LogP contribution in [-0.2, 0) is 4.79 Å². The molecule has 0 unspecified atom stereocenters. The first-order chi connectivity index (χ1) is 14.6. The average molecular weight is 422 g/mol. The topological polar surface area (TPSA) is 102 Å². The Balaban J connectivity index is 1.52. The number of amides is 2. The summed E-state index contributed by atoms with van der Waals surface area (Å²) >= 11 is 1.43. The Hall–Kier alpha value is -3.92. The molecular formula is C20H15FN6O2S. The summed E-state index contributed by atoms with van der Waals surface area (Å²) in [5.41, 5.74) is 1.08. The smallest absolute Gasteiger partial charge is 0.291 e. The minimum absolute atomic E-state index is 0.100. The average Bonchev–Trinajstić information content (AvgIpc) is 3.43. The van der Waals surface area contributed by atoms with Crippen molar-refractivity contribution in [2.45, 2.75) is 0 Å². The van der Waals surface area contributed by atoms with Gasteiger partial charge in [0.2, 0.25) is 11.7 Å². The van der Waals surface area contributed by atoms with Crippen LogP contribution in [0.3, 0.4) is 0 Å². The van der Waals surface area contributed by atoms with Crippen LogP contribution < -0.4 is 10.6 Å². The standard InChI is InChI=1S/C20H15FN6O2S/c21-13-5-7-15(8-6-13)27-19(16-4-2-10-30-16)25-18(26-27)20(29)23-12-17(28)24-14-3-1-9-22-11-14/h1-11H,12H2,(H,23,29)(H,24,28). The summed E-state index contributed by atoms with van der Waals surface area (Å²) in [6.45, 7) is -0.257. The summed E-state index contributed by atoms with van der Waals surface area (Å²) in [7, 11) is 0. The second-order valence-electron chi connectivity index (χ2n) is 6.10. The van der Waals surface area contributed by atoms with Gasteiger partial charge in [-0.1, -0.05) is 6.07 Å². The van der Waals surface area contributed by atoms with E-state index in [1.807, 2.05) is 17.5 Å². The fraction of sp³-hybridized carbons (Fsp3) is 0.0500. The Bertz CT molecular complexity index is 1160. The van der Waals surface area contributed by atoms with Crippen molar-refractivity contribution in [3.63, 3.8) is 0 Å². The molecule has 0 atom stereocenters. The number of nitrogens with zero attached hydrogens (tertiary/aromatic N) is 4. The van der Waals surface area contributed by atoms with Crippen LogP contribution in [0.2, 0.25) is 0 Å². The fourth-order valence-electron chi connectivity index (χ4n) is 2.62. The van der Waals surface area contributed by atoms with E-state index in [9.17, 15) is 14.0 Å². The van der Waals surface area contributed by atoms with Crippen LogP contribution in [0.5, 0.6) is 0 Å². The maximum absolute atomic E-state index is 13.3. The summed E-state index contributed by atoms with van der Waals surface area (Å²) in [4.78, 5) is 33.6. The molecular weight excluding hydrogens is 407 g/mol. The van der Waals surface area contributed by atoms with Crippen molar-refractivity contribution in [3.8, 4) is 16.4 Å². The van der Waals surface area contributed by atoms with Crippen LogP contribution in [0, 0.1) is 5.82 Å². The van der Waals surface area contributed by atoms with Crippen molar-refractivity contribution in [2.24, 2.45) is 0 Å². The molecule has 0 spiro atoms. The van der Waals surface area contributed by atoms with Crippen LogP contribution in [-0.4, -0.2) is 38.1 Å². The first-order valence-corrected chi connectivity index (χ1v) is 9.73. The molecule has 0 aliphatic heterocycles. The van der Waals surface area contributed by atoms with E-state index in [1.165, 1.54) is 34.3 Å². The van der Waals surface area contributed by atoms with Crippen molar-refractivity contribution < 1.29 is 14.0 Å². The lowest BCUT2D eigenvalue weighted by molar-refractivity contribution is -0.115. The highest BCUT2D eigenvalue weighted by atomic mass is 32.1. The third-order valence-corrected chi connectivity index (χ3v) is 4.84. The SMILES string of the molecule is O=C(CNC(=O)c1nc(-c2cccs2)n(-c2ccc(F)cc2)n1)Nc1cccnc1. The molecule has 0 saturated carbocycles. The number of hydrogen-bond donors (Lipinski definition) is 2. The molecule has 3 aromatic heterocycles. The molecule has 0 aliphatic rings. The third-order valence-electron chi connectivity index (χ3n) is 3.98. The zero-order chi connectivity index (χ0) is 20.9. The molecule has 0 saturated heterocycles. The first kappa shape index (κ1) is 19.4. The zero-order valence-electron chi connectivity index (χ0n) is 15.4. The Morgan fingerprint density at radius 1 is 1.10 bits per heavy atom. The van der Waals surface area contributed by atoms with E-state index in [4.69, 9.17) is 0 Å². The number of hydrogen-bond acceptors (Lipinski definition) is 6. The van der Waals surface area contributed by atoms with Crippen LogP contribution in [0.1, 0.15) is 10.6 Å². The molecule has 0 radical (unpaired) electrons. The van der Waals surface area contributed by atoms with Gasteiger partial charge in [-0.05, 0) is 47.8 Å². The van der Waals surface area contributed by atoms with Gasteiger partial charge in [-0.3, -0.25) is 14.6 Å². The number of carbonyl (C=O) groups is 2. The van der Waals surface area contributed by atoms with E-state index >= 15 is 0 Å². The molecule has 0 aliphatic carbocycles. The summed E-state index contributed by atoms with van der Waals surface area (Å²) in [5.74, 6) is -1.05. The number of thiophene rings is 1. The monoisotopic (exact) mass is 422 g/mol. The summed E-state index contributed by atoms with van der Waals surface area (Å²) in [5, 5.41) is 11.3. The van der Waals surface area contributed by atoms with Gasteiger partial charge in [0.1, 0.15) is 5.82 Å². The molecule has 30 heavy (non-hydrogen) atoms. The van der Waals surface area contributed by atoms with Gasteiger partial charge < -0.3 is 10.6 Å². The van der Waals surface area contributed by atoms with Gasteiger partial charge in [-0.25, -0.2) is 14.1 Å². The molecule has 2 N–H and O–H groups in total. The Morgan fingerprint density at radius 2 is 1.93 bits per heavy atom. The maximum Gasteiger partial charge on any atom is 0.291 e. The lowest BCUT2D eigenvalue weighted by Gasteiger charge is -2.05. The van der Waals surface area contributed by atoms with Crippen molar-refractivity contribution in [1.29, 1.82) is 0 Å². The highest BCUT2D eigenvalue weighted by molar-refractivity contribution is 7.13. The van der Waals surface area contributed by atoms with Crippen molar-refractivity contribution in [1.82, 2.24) is 25.1 Å². The van der Waals surface area contributed by atoms with Crippen molar-refractivity contribution in [3.05, 3.63) is 77.9 Å². The van der Waals surface area contributed by atoms with Gasteiger partial charge >= 0.3 is 0 Å². The summed E-state index contributed by atoms with van der Waals surface area (Å²) in [6, 6.07) is 12.8. The van der Waals surface area contributed by atoms with Crippen LogP contribution in [0.25, 0.3) is 16.4 Å². The number of pyridine rings is 1. The van der Waals surface area contributed by atoms with Crippen LogP contribution in [0.15, 0.2) is 66.3 Å². The fourth-order valence-corrected chi connectivity index (χ4v) is 3.32. The van der Waals surface area contributed by atoms with Crippen LogP contribution >= 0.6 is 11.3 Å². The molecule has 3 heterocycles. The second-order valence-corrected chi connectivity index (χ2v) is 7.04. The summed E-state index contributed by atoms with van der Waals surface area (Å²) in [6.07, 6.45) is 3.09. The van der Waals surface area contributed by atoms with E-state index in [0.29, 0.717) is 17.2 Å². The van der Waals surface area contributed by atoms with E-state index < -0.39 is 11.8 Å². The number of carbonyl (C=O) groups excluding carboxylic acids is 2. The van der Waals surface area contributed by atoms with E-state index in [2.05, 4.69) is 25.7 Å². The number of benzene rings is 1. The predicted octanol–water partition coefficient (Wildman–Crippen LogP) is 2.90. The number of halogens is 1. The van der Waals surface area contributed by atoms with Gasteiger partial charge in [-0.15, -0.1) is 16.4 Å². The molecule has 4 aromatic rings. The molecule has 1 aromatic carbocycles. The Kier molecular flexibility index (Phi) is 5.57. The number of nitrogens with one attached hydrogen (secondary N) is 2. The number of rotatable bonds is 6. The molecule has 8 nitrogen and oxygen atoms in total. The number of aromatic nitrogens is 4. The lowest BCUT2D eigenvalue weighted by Crippen LogP contribution is -2.33. The van der Waals surface area contributed by atoms with Gasteiger partial charge in [-0.2, -0.15) is 0 Å². The molecule has 10 heteroatoms. The minimum atomic E-state index is -0.602. The summed E-state index contributed by atoms with van der Waals surface area (Å²) < 4.78 is 14.8. The molecule has 2 amide bonds. The second kappa shape index (κ2) is 8.62. The van der Waals surface area contributed by atoms with Gasteiger partial charge in [0, 0.05) is 6.20 Å². The van der Waals surface area contributed by atoms with Crippen LogP contribution in [0.4, 0.5) is 10.1 Å². The largest absolute Gasteiger partial charge is 0.340 e. The molecule has 4 rings (SSSR count). The highest BCUT2D eigenvalue weighted by Crippen LogP contribution is 2.25. The number of anilines is 1. The maximum atomic E-state index is 13.3. The molecule has 150 valence electrons. The van der Waals surface area contributed by atoms with E-state index in [-0.39, 0.29) is 18.2 Å². The van der Waals surface area contributed by atoms with Gasteiger partial charge in [0.05, 0.1) is 29.0 Å². The molecule has 0 fully saturated rings. The van der Waals surface area contributed by atoms with Crippen molar-refractivity contribution >= 4 is 28.8 Å². The first-order valence-electron chi connectivity index (χ1n) is 8.85. The lowest BCUT2D eigenvalue weighted by atomic mass is 10.3. The van der Waals surface area contributed by atoms with E-state index in [1.54, 1.807) is 30.5 Å². The Labute approximate surface area is 174 Å². The normalized spacial score (nSPS) is 10.6. The highest BCUT2D eigenvalue weighted by Gasteiger charge is 2.20. The van der Waals surface area contributed by atoms with Crippen molar-refractivity contribution in [2.75, 3.05) is 11.9 Å². The van der Waals surface area contributed by atoms with Gasteiger partial charge in [0.15, 0.2) is 5.82 Å². The van der Waals surface area contributed by atoms with E-state index in [0.717, 1.165) is 4.88 Å². The third kappa shape index (κ3) is 4.39. The zero-order valence-corrected chi connectivity index (χ0v) is 16.3. The van der Waals surface area contributed by atoms with Gasteiger partial charge in [0.25, 0.3) is 5.91 Å². The minimum Gasteiger partial charge on any atom is -0.340 e. The Morgan fingerprint density at radius 3 is 2.63 bits per heavy atom. The molecule has 0 bridgehead atoms. The quantitative estimate of drug-likeness (QED) is 0.498.